The van der Waals surface area contributed by atoms with Crippen molar-refractivity contribution in [3.05, 3.63) is 68.0 Å². The highest BCUT2D eigenvalue weighted by Crippen LogP contribution is 2.40. The van der Waals surface area contributed by atoms with Crippen molar-refractivity contribution >= 4 is 46.6 Å². The molecule has 0 bridgehead atoms. The second-order valence-electron chi connectivity index (χ2n) is 6.80. The molecule has 1 aliphatic rings. The number of hydrogen-bond acceptors (Lipinski definition) is 7. The molecule has 0 saturated heterocycles. The first kappa shape index (κ1) is 21.0. The Morgan fingerprint density at radius 1 is 1.33 bits per heavy atom. The van der Waals surface area contributed by atoms with Crippen LogP contribution in [0.2, 0.25) is 5.02 Å². The summed E-state index contributed by atoms with van der Waals surface area (Å²) in [7, 11) is 0. The van der Waals surface area contributed by atoms with Gasteiger partial charge in [-0.2, -0.15) is 4.98 Å². The molecule has 30 heavy (non-hydrogen) atoms. The molecule has 3 aromatic rings. The van der Waals surface area contributed by atoms with Crippen LogP contribution in [-0.4, -0.2) is 27.3 Å². The first-order valence-electron chi connectivity index (χ1n) is 9.51. The third kappa shape index (κ3) is 3.99. The number of allylic oxidation sites excluding steroid dienone is 1. The number of ether oxygens (including phenoxy) is 1. The number of nitrogens with one attached hydrogen (secondary N) is 1. The molecule has 0 amide bonds. The molecule has 1 unspecified atom stereocenters. The fourth-order valence-electron chi connectivity index (χ4n) is 3.33. The van der Waals surface area contributed by atoms with Gasteiger partial charge in [0.15, 0.2) is 0 Å². The van der Waals surface area contributed by atoms with Crippen LogP contribution in [0.3, 0.4) is 0 Å². The van der Waals surface area contributed by atoms with Crippen LogP contribution in [0, 0.1) is 6.92 Å². The van der Waals surface area contributed by atoms with E-state index in [0.29, 0.717) is 29.0 Å². The minimum Gasteiger partial charge on any atom is -0.463 e. The van der Waals surface area contributed by atoms with E-state index in [1.54, 1.807) is 22.9 Å². The second kappa shape index (κ2) is 8.83. The van der Waals surface area contributed by atoms with Gasteiger partial charge in [0, 0.05) is 21.3 Å². The number of rotatable bonds is 6. The van der Waals surface area contributed by atoms with E-state index >= 15 is 0 Å². The Balaban J connectivity index is 1.69. The lowest BCUT2D eigenvalue weighted by atomic mass is 10.00. The molecule has 0 fully saturated rings. The van der Waals surface area contributed by atoms with Crippen LogP contribution in [0.1, 0.15) is 35.9 Å². The van der Waals surface area contributed by atoms with Gasteiger partial charge in [-0.05, 0) is 49.4 Å². The molecular weight excluding hydrogens is 440 g/mol. The molecule has 1 aliphatic heterocycles. The minimum atomic E-state index is -0.373. The Morgan fingerprint density at radius 3 is 2.83 bits per heavy atom. The van der Waals surface area contributed by atoms with E-state index in [0.717, 1.165) is 26.7 Å². The van der Waals surface area contributed by atoms with Crippen LogP contribution >= 0.6 is 34.7 Å². The Bertz CT molecular complexity index is 1120. The van der Waals surface area contributed by atoms with Gasteiger partial charge in [-0.15, -0.1) is 16.4 Å². The minimum absolute atomic E-state index is 0.314. The van der Waals surface area contributed by atoms with Gasteiger partial charge >= 0.3 is 5.97 Å². The maximum atomic E-state index is 12.8. The second-order valence-corrected chi connectivity index (χ2v) is 9.09. The average Bonchev–Trinajstić information content (AvgIpc) is 3.32. The van der Waals surface area contributed by atoms with E-state index in [1.807, 2.05) is 49.6 Å². The summed E-state index contributed by atoms with van der Waals surface area (Å²) in [4.78, 5) is 18.5. The van der Waals surface area contributed by atoms with E-state index in [-0.39, 0.29) is 12.0 Å². The zero-order chi connectivity index (χ0) is 21.3. The maximum Gasteiger partial charge on any atom is 0.338 e. The van der Waals surface area contributed by atoms with Crippen molar-refractivity contribution in [1.82, 2.24) is 14.8 Å². The fourth-order valence-corrected chi connectivity index (χ4v) is 5.46. The lowest BCUT2D eigenvalue weighted by Gasteiger charge is -2.27. The number of halogens is 1. The lowest BCUT2D eigenvalue weighted by Crippen LogP contribution is -2.29. The van der Waals surface area contributed by atoms with Crippen LogP contribution in [0.5, 0.6) is 0 Å². The number of aromatic nitrogens is 3. The number of aryl methyl sites for hydroxylation is 1. The van der Waals surface area contributed by atoms with Gasteiger partial charge in [0.2, 0.25) is 11.1 Å². The van der Waals surface area contributed by atoms with Crippen molar-refractivity contribution in [2.45, 2.75) is 37.7 Å². The number of thiophene rings is 1. The van der Waals surface area contributed by atoms with Gasteiger partial charge in [-0.25, -0.2) is 9.48 Å². The topological polar surface area (TPSA) is 69.0 Å². The Kier molecular flexibility index (Phi) is 6.17. The van der Waals surface area contributed by atoms with Gasteiger partial charge in [-0.3, -0.25) is 0 Å². The number of esters is 1. The smallest absolute Gasteiger partial charge is 0.338 e. The van der Waals surface area contributed by atoms with Crippen LogP contribution in [-0.2, 0) is 15.3 Å². The van der Waals surface area contributed by atoms with Gasteiger partial charge in [0.05, 0.1) is 12.2 Å². The largest absolute Gasteiger partial charge is 0.463 e. The van der Waals surface area contributed by atoms with Gasteiger partial charge < -0.3 is 10.1 Å². The molecule has 3 heterocycles. The van der Waals surface area contributed by atoms with Crippen LogP contribution in [0.15, 0.2) is 52.1 Å². The highest BCUT2D eigenvalue weighted by atomic mass is 35.5. The number of fused-ring (bicyclic) bond motifs is 1. The molecular formula is C21H21ClN4O2S2. The monoisotopic (exact) mass is 460 g/mol. The van der Waals surface area contributed by atoms with Crippen molar-refractivity contribution in [2.24, 2.45) is 0 Å². The molecule has 6 nitrogen and oxygen atoms in total. The quantitative estimate of drug-likeness (QED) is 0.390. The predicted molar refractivity (Wildman–Crippen MR) is 121 cm³/mol. The molecule has 0 aliphatic carbocycles. The first-order valence-corrected chi connectivity index (χ1v) is 11.8. The van der Waals surface area contributed by atoms with E-state index in [9.17, 15) is 4.79 Å². The number of hydrogen-bond donors (Lipinski definition) is 1. The summed E-state index contributed by atoms with van der Waals surface area (Å²) in [5, 5.41) is 11.3. The van der Waals surface area contributed by atoms with Crippen molar-refractivity contribution < 1.29 is 9.53 Å². The Hall–Kier alpha value is -2.29. The fraction of sp³-hybridized carbons (Fsp3) is 0.286. The van der Waals surface area contributed by atoms with Crippen molar-refractivity contribution in [1.29, 1.82) is 0 Å². The van der Waals surface area contributed by atoms with E-state index in [4.69, 9.17) is 21.4 Å². The van der Waals surface area contributed by atoms with Gasteiger partial charge in [0.25, 0.3) is 0 Å². The normalized spacial score (nSPS) is 15.7. The number of carbonyl (C=O) groups excluding carboxylic acids is 1. The summed E-state index contributed by atoms with van der Waals surface area (Å²) in [5.74, 6) is 0.926. The summed E-state index contributed by atoms with van der Waals surface area (Å²) in [6.45, 7) is 6.03. The average molecular weight is 461 g/mol. The number of thioether (sulfide) groups is 1. The molecule has 1 aromatic carbocycles. The zero-order valence-corrected chi connectivity index (χ0v) is 19.2. The van der Waals surface area contributed by atoms with Crippen molar-refractivity contribution in [3.63, 3.8) is 0 Å². The third-order valence-corrected chi connectivity index (χ3v) is 7.12. The molecule has 9 heteroatoms. The van der Waals surface area contributed by atoms with Crippen LogP contribution < -0.4 is 5.32 Å². The number of benzene rings is 1. The van der Waals surface area contributed by atoms with Crippen LogP contribution in [0.25, 0.3) is 0 Å². The SMILES string of the molecule is CCOC(=O)C1=C(C)Nc2nc(SCc3ccccc3Cl)nn2C1c1sccc1C. The summed E-state index contributed by atoms with van der Waals surface area (Å²) < 4.78 is 7.13. The summed E-state index contributed by atoms with van der Waals surface area (Å²) in [6.07, 6.45) is 0. The molecule has 4 rings (SSSR count). The molecule has 0 radical (unpaired) electrons. The van der Waals surface area contributed by atoms with Crippen LogP contribution in [0.4, 0.5) is 5.95 Å². The first-order chi connectivity index (χ1) is 14.5. The molecule has 1 atom stereocenters. The standard InChI is InChI=1S/C21H21ClN4O2S2/c1-4-28-19(27)16-13(3)23-20-24-21(30-11-14-7-5-6-8-15(14)22)25-26(20)17(16)18-12(2)9-10-29-18/h5-10,17H,4,11H2,1-3H3,(H,23,24,25). The summed E-state index contributed by atoms with van der Waals surface area (Å²) in [6, 6.07) is 9.41. The zero-order valence-electron chi connectivity index (χ0n) is 16.8. The maximum absolute atomic E-state index is 12.8. The number of carbonyl (C=O) groups is 1. The molecule has 0 saturated carbocycles. The lowest BCUT2D eigenvalue weighted by molar-refractivity contribution is -0.139. The molecule has 1 N–H and O–H groups in total. The Labute approximate surface area is 188 Å². The summed E-state index contributed by atoms with van der Waals surface area (Å²) in [5.41, 5.74) is 3.42. The van der Waals surface area contributed by atoms with E-state index < -0.39 is 0 Å². The van der Waals surface area contributed by atoms with Gasteiger partial charge in [-0.1, -0.05) is 41.6 Å². The predicted octanol–water partition coefficient (Wildman–Crippen LogP) is 5.45. The Morgan fingerprint density at radius 2 is 2.13 bits per heavy atom. The number of nitrogens with zero attached hydrogens (tertiary/aromatic N) is 3. The molecule has 2 aromatic heterocycles. The highest BCUT2D eigenvalue weighted by Gasteiger charge is 2.36. The van der Waals surface area contributed by atoms with Gasteiger partial charge in [0.1, 0.15) is 6.04 Å². The van der Waals surface area contributed by atoms with E-state index in [1.165, 1.54) is 11.8 Å². The molecule has 0 spiro atoms. The highest BCUT2D eigenvalue weighted by molar-refractivity contribution is 7.98. The summed E-state index contributed by atoms with van der Waals surface area (Å²) >= 11 is 9.38. The van der Waals surface area contributed by atoms with Crippen molar-refractivity contribution in [2.75, 3.05) is 11.9 Å². The third-order valence-electron chi connectivity index (χ3n) is 4.79. The number of anilines is 1. The molecule has 156 valence electrons. The van der Waals surface area contributed by atoms with E-state index in [2.05, 4.69) is 10.3 Å². The van der Waals surface area contributed by atoms with Crippen molar-refractivity contribution in [3.8, 4) is 0 Å².